The first-order valence-corrected chi connectivity index (χ1v) is 9.94. The topological polar surface area (TPSA) is 76.3 Å². The number of nitrogens with zero attached hydrogens (tertiary/aromatic N) is 3. The summed E-state index contributed by atoms with van der Waals surface area (Å²) in [5.41, 5.74) is 1.29. The van der Waals surface area contributed by atoms with Crippen molar-refractivity contribution in [3.05, 3.63) is 34.7 Å². The number of carbonyl (C=O) groups excluding carboxylic acids is 2. The molecule has 0 atom stereocenters. The zero-order valence-corrected chi connectivity index (χ0v) is 17.6. The molecule has 2 amide bonds. The number of imidazole rings is 1. The average molecular weight is 389 g/mol. The molecule has 7 heteroatoms. The highest BCUT2D eigenvalue weighted by Crippen LogP contribution is 2.14. The molecule has 154 valence electrons. The Balaban J connectivity index is 2.12. The minimum Gasteiger partial charge on any atom is -0.350 e. The lowest BCUT2D eigenvalue weighted by molar-refractivity contribution is -0.136. The van der Waals surface area contributed by atoms with Crippen LogP contribution in [0.4, 0.5) is 0 Å². The highest BCUT2D eigenvalue weighted by atomic mass is 16.2. The lowest BCUT2D eigenvalue weighted by Crippen LogP contribution is -2.47. The molecule has 0 spiro atoms. The van der Waals surface area contributed by atoms with Crippen LogP contribution in [0.5, 0.6) is 0 Å². The van der Waals surface area contributed by atoms with E-state index in [2.05, 4.69) is 5.32 Å². The number of aryl methyl sites for hydroxylation is 2. The predicted molar refractivity (Wildman–Crippen MR) is 111 cm³/mol. The molecule has 0 bridgehead atoms. The maximum absolute atomic E-state index is 12.8. The van der Waals surface area contributed by atoms with Crippen molar-refractivity contribution in [2.75, 3.05) is 13.1 Å². The second-order valence-electron chi connectivity index (χ2n) is 8.03. The van der Waals surface area contributed by atoms with Crippen molar-refractivity contribution < 1.29 is 9.59 Å². The van der Waals surface area contributed by atoms with Crippen LogP contribution in [0.1, 0.15) is 47.5 Å². The molecule has 0 aliphatic carbocycles. The quantitative estimate of drug-likeness (QED) is 0.754. The van der Waals surface area contributed by atoms with E-state index >= 15 is 0 Å². The van der Waals surface area contributed by atoms with E-state index in [1.165, 1.54) is 4.90 Å². The summed E-state index contributed by atoms with van der Waals surface area (Å²) in [5.74, 6) is -0.315. The summed E-state index contributed by atoms with van der Waals surface area (Å²) in [5, 5.41) is 2.87. The van der Waals surface area contributed by atoms with Gasteiger partial charge in [0.2, 0.25) is 11.8 Å². The van der Waals surface area contributed by atoms with Gasteiger partial charge in [-0.3, -0.25) is 18.7 Å². The van der Waals surface area contributed by atoms with Crippen LogP contribution in [0.2, 0.25) is 0 Å². The number of para-hydroxylation sites is 2. The number of hydrogen-bond donors (Lipinski definition) is 1. The molecule has 2 rings (SSSR count). The average Bonchev–Trinajstić information content (AvgIpc) is 2.88. The highest BCUT2D eigenvalue weighted by Gasteiger charge is 2.20. The van der Waals surface area contributed by atoms with Gasteiger partial charge in [0.15, 0.2) is 0 Å². The summed E-state index contributed by atoms with van der Waals surface area (Å²) in [6.07, 6.45) is 1.04. The van der Waals surface area contributed by atoms with Gasteiger partial charge in [-0.2, -0.15) is 0 Å². The molecule has 0 unspecified atom stereocenters. The first-order valence-electron chi connectivity index (χ1n) is 9.94. The zero-order valence-electron chi connectivity index (χ0n) is 17.6. The van der Waals surface area contributed by atoms with Gasteiger partial charge in [0.25, 0.3) is 0 Å². The van der Waals surface area contributed by atoms with E-state index in [9.17, 15) is 14.4 Å². The second-order valence-corrected chi connectivity index (χ2v) is 8.03. The van der Waals surface area contributed by atoms with Crippen LogP contribution in [-0.4, -0.2) is 44.5 Å². The Labute approximate surface area is 166 Å². The monoisotopic (exact) mass is 388 g/mol. The van der Waals surface area contributed by atoms with Crippen LogP contribution >= 0.6 is 0 Å². The van der Waals surface area contributed by atoms with Crippen LogP contribution in [0.15, 0.2) is 29.1 Å². The molecule has 0 fully saturated rings. The summed E-state index contributed by atoms with van der Waals surface area (Å²) in [7, 11) is 0. The minimum atomic E-state index is -0.339. The van der Waals surface area contributed by atoms with Gasteiger partial charge < -0.3 is 10.2 Å². The van der Waals surface area contributed by atoms with Crippen LogP contribution in [-0.2, 0) is 22.7 Å². The summed E-state index contributed by atoms with van der Waals surface area (Å²) in [4.78, 5) is 39.1. The van der Waals surface area contributed by atoms with Gasteiger partial charge in [-0.25, -0.2) is 4.79 Å². The van der Waals surface area contributed by atoms with Gasteiger partial charge in [0.05, 0.1) is 17.6 Å². The molecular formula is C21H32N4O3. The lowest BCUT2D eigenvalue weighted by atomic mass is 10.1. The first kappa shape index (κ1) is 21.7. The fourth-order valence-electron chi connectivity index (χ4n) is 3.30. The maximum Gasteiger partial charge on any atom is 0.329 e. The van der Waals surface area contributed by atoms with Crippen molar-refractivity contribution in [2.45, 2.75) is 66.1 Å². The van der Waals surface area contributed by atoms with E-state index < -0.39 is 0 Å². The number of amides is 2. The molecule has 0 aliphatic heterocycles. The summed E-state index contributed by atoms with van der Waals surface area (Å²) in [6, 6.07) is 7.64. The van der Waals surface area contributed by atoms with Crippen LogP contribution < -0.4 is 11.0 Å². The second kappa shape index (κ2) is 9.08. The van der Waals surface area contributed by atoms with E-state index in [0.29, 0.717) is 19.6 Å². The van der Waals surface area contributed by atoms with Gasteiger partial charge in [-0.15, -0.1) is 0 Å². The minimum absolute atomic E-state index is 0.0269. The molecule has 1 N–H and O–H groups in total. The molecule has 0 saturated heterocycles. The Morgan fingerprint density at radius 1 is 1.04 bits per heavy atom. The summed E-state index contributed by atoms with van der Waals surface area (Å²) < 4.78 is 3.42. The van der Waals surface area contributed by atoms with E-state index in [1.54, 1.807) is 9.13 Å². The molecule has 28 heavy (non-hydrogen) atoms. The van der Waals surface area contributed by atoms with E-state index in [0.717, 1.165) is 17.5 Å². The summed E-state index contributed by atoms with van der Waals surface area (Å²) in [6.45, 7) is 11.0. The Bertz CT molecular complexity index is 889. The van der Waals surface area contributed by atoms with Crippen molar-refractivity contribution >= 4 is 22.8 Å². The smallest absolute Gasteiger partial charge is 0.329 e. The number of hydrogen-bond acceptors (Lipinski definition) is 3. The standard InChI is InChI=1S/C21H32N4O3/c1-6-13-24-16-10-8-9-11-17(16)25(20(24)28)14-12-19(27)23(7-2)15-18(26)22-21(3,4)5/h8-11H,6-7,12-15H2,1-5H3,(H,22,26). The number of nitrogens with one attached hydrogen (secondary N) is 1. The molecule has 0 saturated carbocycles. The molecule has 1 heterocycles. The molecule has 7 nitrogen and oxygen atoms in total. The Kier molecular flexibility index (Phi) is 7.05. The Hall–Kier alpha value is -2.57. The molecule has 2 aromatic rings. The zero-order chi connectivity index (χ0) is 20.9. The Morgan fingerprint density at radius 2 is 1.61 bits per heavy atom. The molecule has 1 aromatic heterocycles. The van der Waals surface area contributed by atoms with E-state index in [-0.39, 0.29) is 36.0 Å². The highest BCUT2D eigenvalue weighted by molar-refractivity contribution is 5.85. The number of carbonyl (C=O) groups is 2. The largest absolute Gasteiger partial charge is 0.350 e. The van der Waals surface area contributed by atoms with Crippen LogP contribution in [0.25, 0.3) is 11.0 Å². The van der Waals surface area contributed by atoms with Crippen LogP contribution in [0, 0.1) is 0 Å². The van der Waals surface area contributed by atoms with Crippen molar-refractivity contribution in [1.82, 2.24) is 19.4 Å². The van der Waals surface area contributed by atoms with Gasteiger partial charge in [0, 0.05) is 31.6 Å². The van der Waals surface area contributed by atoms with Gasteiger partial charge in [-0.05, 0) is 46.2 Å². The number of rotatable bonds is 8. The van der Waals surface area contributed by atoms with Gasteiger partial charge >= 0.3 is 5.69 Å². The molecule has 0 radical (unpaired) electrons. The maximum atomic E-state index is 12.8. The van der Waals surface area contributed by atoms with Crippen LogP contribution in [0.3, 0.4) is 0 Å². The number of fused-ring (bicyclic) bond motifs is 1. The molecular weight excluding hydrogens is 356 g/mol. The van der Waals surface area contributed by atoms with E-state index in [4.69, 9.17) is 0 Å². The SMILES string of the molecule is CCCn1c(=O)n(CCC(=O)N(CC)CC(=O)NC(C)(C)C)c2ccccc21. The van der Waals surface area contributed by atoms with Crippen molar-refractivity contribution in [3.8, 4) is 0 Å². The van der Waals surface area contributed by atoms with Crippen molar-refractivity contribution in [3.63, 3.8) is 0 Å². The Morgan fingerprint density at radius 3 is 2.11 bits per heavy atom. The third-order valence-corrected chi connectivity index (χ3v) is 4.50. The number of likely N-dealkylation sites (N-methyl/N-ethyl adjacent to an activating group) is 1. The fraction of sp³-hybridized carbons (Fsp3) is 0.571. The predicted octanol–water partition coefficient (Wildman–Crippen LogP) is 2.37. The molecule has 0 aliphatic rings. The van der Waals surface area contributed by atoms with Crippen molar-refractivity contribution in [1.29, 1.82) is 0 Å². The molecule has 1 aromatic carbocycles. The van der Waals surface area contributed by atoms with Crippen molar-refractivity contribution in [2.24, 2.45) is 0 Å². The lowest BCUT2D eigenvalue weighted by Gasteiger charge is -2.25. The third-order valence-electron chi connectivity index (χ3n) is 4.50. The van der Waals surface area contributed by atoms with E-state index in [1.807, 2.05) is 58.9 Å². The normalized spacial score (nSPS) is 11.6. The summed E-state index contributed by atoms with van der Waals surface area (Å²) >= 11 is 0. The number of aromatic nitrogens is 2. The number of benzene rings is 1. The first-order chi connectivity index (χ1) is 13.2. The van der Waals surface area contributed by atoms with Gasteiger partial charge in [0.1, 0.15) is 0 Å². The van der Waals surface area contributed by atoms with Gasteiger partial charge in [-0.1, -0.05) is 19.1 Å². The fourth-order valence-corrected chi connectivity index (χ4v) is 3.30. The third kappa shape index (κ3) is 5.24.